The SMILES string of the molecule is COCc1cc(-c2nc3c(C)cc(Br)cc3[nH]2)no1. The average molecular weight is 322 g/mol. The number of halogens is 1. The Morgan fingerprint density at radius 1 is 1.37 bits per heavy atom. The molecule has 2 aromatic heterocycles. The van der Waals surface area contributed by atoms with Crippen LogP contribution < -0.4 is 0 Å². The highest BCUT2D eigenvalue weighted by Crippen LogP contribution is 2.25. The summed E-state index contributed by atoms with van der Waals surface area (Å²) in [5.74, 6) is 1.37. The molecule has 1 aromatic carbocycles. The van der Waals surface area contributed by atoms with Gasteiger partial charge in [0, 0.05) is 17.6 Å². The molecule has 0 saturated carbocycles. The van der Waals surface area contributed by atoms with Gasteiger partial charge in [-0.25, -0.2) is 4.98 Å². The molecule has 0 radical (unpaired) electrons. The van der Waals surface area contributed by atoms with Gasteiger partial charge < -0.3 is 14.2 Å². The van der Waals surface area contributed by atoms with Crippen LogP contribution >= 0.6 is 15.9 Å². The Labute approximate surface area is 118 Å². The van der Waals surface area contributed by atoms with Crippen molar-refractivity contribution in [2.24, 2.45) is 0 Å². The highest BCUT2D eigenvalue weighted by atomic mass is 79.9. The van der Waals surface area contributed by atoms with E-state index in [0.29, 0.717) is 23.9 Å². The summed E-state index contributed by atoms with van der Waals surface area (Å²) in [5, 5.41) is 3.99. The van der Waals surface area contributed by atoms with E-state index in [2.05, 4.69) is 31.1 Å². The second-order valence-electron chi connectivity index (χ2n) is 4.32. The number of ether oxygens (including phenoxy) is 1. The Kier molecular flexibility index (Phi) is 3.12. The van der Waals surface area contributed by atoms with Crippen molar-refractivity contribution in [1.29, 1.82) is 0 Å². The van der Waals surface area contributed by atoms with Crippen LogP contribution in [0.25, 0.3) is 22.6 Å². The van der Waals surface area contributed by atoms with Crippen molar-refractivity contribution in [2.45, 2.75) is 13.5 Å². The number of H-pyrrole nitrogens is 1. The van der Waals surface area contributed by atoms with E-state index >= 15 is 0 Å². The molecular weight excluding hydrogens is 310 g/mol. The number of rotatable bonds is 3. The van der Waals surface area contributed by atoms with Crippen LogP contribution in [-0.2, 0) is 11.3 Å². The van der Waals surface area contributed by atoms with Gasteiger partial charge >= 0.3 is 0 Å². The molecule has 5 nitrogen and oxygen atoms in total. The molecule has 0 aliphatic heterocycles. The lowest BCUT2D eigenvalue weighted by molar-refractivity contribution is 0.156. The van der Waals surface area contributed by atoms with E-state index in [9.17, 15) is 0 Å². The topological polar surface area (TPSA) is 63.9 Å². The summed E-state index contributed by atoms with van der Waals surface area (Å²) in [4.78, 5) is 7.80. The average Bonchev–Trinajstić information content (AvgIpc) is 2.95. The standard InChI is InChI=1S/C13H12BrN3O2/c1-7-3-8(14)4-10-12(7)16-13(15-10)11-5-9(6-18-2)19-17-11/h3-5H,6H2,1-2H3,(H,15,16). The fraction of sp³-hybridized carbons (Fsp3) is 0.231. The number of benzene rings is 1. The number of methoxy groups -OCH3 is 1. The molecule has 1 N–H and O–H groups in total. The van der Waals surface area contributed by atoms with E-state index in [1.807, 2.05) is 25.1 Å². The molecule has 0 unspecified atom stereocenters. The molecule has 3 aromatic rings. The largest absolute Gasteiger partial charge is 0.377 e. The van der Waals surface area contributed by atoms with Crippen LogP contribution in [0.2, 0.25) is 0 Å². The highest BCUT2D eigenvalue weighted by molar-refractivity contribution is 9.10. The van der Waals surface area contributed by atoms with Crippen molar-refractivity contribution in [1.82, 2.24) is 15.1 Å². The Bertz CT molecular complexity index is 733. The van der Waals surface area contributed by atoms with E-state index in [4.69, 9.17) is 9.26 Å². The zero-order valence-electron chi connectivity index (χ0n) is 10.5. The fourth-order valence-electron chi connectivity index (χ4n) is 2.00. The molecule has 0 spiro atoms. The third kappa shape index (κ3) is 2.29. The van der Waals surface area contributed by atoms with Crippen molar-refractivity contribution < 1.29 is 9.26 Å². The monoisotopic (exact) mass is 321 g/mol. The summed E-state index contributed by atoms with van der Waals surface area (Å²) in [5.41, 5.74) is 3.69. The number of hydrogen-bond acceptors (Lipinski definition) is 4. The fourth-order valence-corrected chi connectivity index (χ4v) is 2.58. The van der Waals surface area contributed by atoms with Gasteiger partial charge in [-0.1, -0.05) is 21.1 Å². The van der Waals surface area contributed by atoms with Gasteiger partial charge in [0.05, 0.1) is 11.0 Å². The first kappa shape index (κ1) is 12.4. The van der Waals surface area contributed by atoms with E-state index < -0.39 is 0 Å². The summed E-state index contributed by atoms with van der Waals surface area (Å²) in [6.45, 7) is 2.43. The molecule has 0 saturated heterocycles. The first-order chi connectivity index (χ1) is 9.17. The molecule has 2 heterocycles. The van der Waals surface area contributed by atoms with Crippen LogP contribution in [0.1, 0.15) is 11.3 Å². The lowest BCUT2D eigenvalue weighted by atomic mass is 10.2. The smallest absolute Gasteiger partial charge is 0.163 e. The molecule has 0 atom stereocenters. The summed E-state index contributed by atoms with van der Waals surface area (Å²) in [6.07, 6.45) is 0. The molecule has 0 aliphatic rings. The maximum Gasteiger partial charge on any atom is 0.163 e. The number of fused-ring (bicyclic) bond motifs is 1. The van der Waals surface area contributed by atoms with Crippen molar-refractivity contribution in [3.8, 4) is 11.5 Å². The van der Waals surface area contributed by atoms with E-state index in [1.165, 1.54) is 0 Å². The quantitative estimate of drug-likeness (QED) is 0.802. The molecule has 0 aliphatic carbocycles. The molecule has 3 rings (SSSR count). The van der Waals surface area contributed by atoms with Crippen LogP contribution in [-0.4, -0.2) is 22.2 Å². The third-order valence-electron chi connectivity index (χ3n) is 2.83. The summed E-state index contributed by atoms with van der Waals surface area (Å²) in [6, 6.07) is 5.85. The number of aromatic amines is 1. The van der Waals surface area contributed by atoms with Gasteiger partial charge in [-0.05, 0) is 24.6 Å². The maximum absolute atomic E-state index is 5.17. The lowest BCUT2D eigenvalue weighted by Gasteiger charge is -1.94. The van der Waals surface area contributed by atoms with Crippen LogP contribution in [0.4, 0.5) is 0 Å². The van der Waals surface area contributed by atoms with Gasteiger partial charge in [0.15, 0.2) is 11.6 Å². The van der Waals surface area contributed by atoms with Gasteiger partial charge in [0.2, 0.25) is 0 Å². The zero-order chi connectivity index (χ0) is 13.4. The molecule has 6 heteroatoms. The number of hydrogen-bond donors (Lipinski definition) is 1. The Morgan fingerprint density at radius 2 is 2.21 bits per heavy atom. The first-order valence-corrected chi connectivity index (χ1v) is 6.57. The Morgan fingerprint density at radius 3 is 3.00 bits per heavy atom. The molecule has 0 fully saturated rings. The first-order valence-electron chi connectivity index (χ1n) is 5.78. The third-order valence-corrected chi connectivity index (χ3v) is 3.29. The Balaban J connectivity index is 2.07. The maximum atomic E-state index is 5.17. The van der Waals surface area contributed by atoms with Gasteiger partial charge in [0.25, 0.3) is 0 Å². The number of nitrogens with one attached hydrogen (secondary N) is 1. The van der Waals surface area contributed by atoms with Crippen molar-refractivity contribution in [3.63, 3.8) is 0 Å². The summed E-state index contributed by atoms with van der Waals surface area (Å²) >= 11 is 3.47. The minimum Gasteiger partial charge on any atom is -0.377 e. The zero-order valence-corrected chi connectivity index (χ0v) is 12.1. The van der Waals surface area contributed by atoms with Gasteiger partial charge in [0.1, 0.15) is 12.3 Å². The minimum atomic E-state index is 0.401. The lowest BCUT2D eigenvalue weighted by Crippen LogP contribution is -1.82. The van der Waals surface area contributed by atoms with Crippen molar-refractivity contribution >= 4 is 27.0 Å². The van der Waals surface area contributed by atoms with E-state index in [1.54, 1.807) is 7.11 Å². The molecule has 0 bridgehead atoms. The minimum absolute atomic E-state index is 0.401. The van der Waals surface area contributed by atoms with Crippen LogP contribution in [0.3, 0.4) is 0 Å². The van der Waals surface area contributed by atoms with Gasteiger partial charge in [-0.2, -0.15) is 0 Å². The predicted octanol–water partition coefficient (Wildman–Crippen LogP) is 3.44. The predicted molar refractivity (Wildman–Crippen MR) is 74.7 cm³/mol. The molecule has 19 heavy (non-hydrogen) atoms. The van der Waals surface area contributed by atoms with Crippen LogP contribution in [0.15, 0.2) is 27.2 Å². The van der Waals surface area contributed by atoms with Crippen molar-refractivity contribution in [3.05, 3.63) is 34.0 Å². The van der Waals surface area contributed by atoms with Gasteiger partial charge in [-0.3, -0.25) is 0 Å². The number of nitrogens with zero attached hydrogens (tertiary/aromatic N) is 2. The molecule has 98 valence electrons. The number of imidazole rings is 1. The summed E-state index contributed by atoms with van der Waals surface area (Å²) in [7, 11) is 1.62. The molecule has 0 amide bonds. The van der Waals surface area contributed by atoms with E-state index in [-0.39, 0.29) is 0 Å². The second-order valence-corrected chi connectivity index (χ2v) is 5.23. The highest BCUT2D eigenvalue weighted by Gasteiger charge is 2.12. The van der Waals surface area contributed by atoms with Gasteiger partial charge in [-0.15, -0.1) is 0 Å². The van der Waals surface area contributed by atoms with E-state index in [0.717, 1.165) is 21.1 Å². The number of aryl methyl sites for hydroxylation is 1. The summed E-state index contributed by atoms with van der Waals surface area (Å²) < 4.78 is 11.2. The molecular formula is C13H12BrN3O2. The van der Waals surface area contributed by atoms with Crippen molar-refractivity contribution in [2.75, 3.05) is 7.11 Å². The number of aromatic nitrogens is 3. The Hall–Kier alpha value is -1.66. The van der Waals surface area contributed by atoms with Crippen LogP contribution in [0.5, 0.6) is 0 Å². The second kappa shape index (κ2) is 4.79. The van der Waals surface area contributed by atoms with Crippen LogP contribution in [0, 0.1) is 6.92 Å². The normalized spacial score (nSPS) is 11.3.